The van der Waals surface area contributed by atoms with Gasteiger partial charge in [0.1, 0.15) is 0 Å². The van der Waals surface area contributed by atoms with Gasteiger partial charge >= 0.3 is 0 Å². The maximum absolute atomic E-state index is 5.73. The Kier molecular flexibility index (Phi) is 5.32. The number of hydrogen-bond acceptors (Lipinski definition) is 2. The molecule has 0 aliphatic carbocycles. The van der Waals surface area contributed by atoms with Gasteiger partial charge in [-0.3, -0.25) is 9.98 Å². The van der Waals surface area contributed by atoms with Gasteiger partial charge in [0.15, 0.2) is 5.96 Å². The molecule has 0 aromatic carbocycles. The van der Waals surface area contributed by atoms with Crippen LogP contribution in [0.2, 0.25) is 0 Å². The number of nitrogens with one attached hydrogen (secondary N) is 1. The van der Waals surface area contributed by atoms with Crippen molar-refractivity contribution in [3.63, 3.8) is 0 Å². The lowest BCUT2D eigenvalue weighted by Crippen LogP contribution is -2.38. The lowest BCUT2D eigenvalue weighted by molar-refractivity contribution is 0.636. The van der Waals surface area contributed by atoms with Gasteiger partial charge in [-0.2, -0.15) is 0 Å². The van der Waals surface area contributed by atoms with Crippen LogP contribution >= 0.6 is 0 Å². The summed E-state index contributed by atoms with van der Waals surface area (Å²) >= 11 is 0. The smallest absolute Gasteiger partial charge is 0.188 e. The molecule has 1 unspecified atom stereocenters. The number of aliphatic imine (C=N–C) groups is 1. The van der Waals surface area contributed by atoms with E-state index in [1.54, 1.807) is 6.20 Å². The Morgan fingerprint density at radius 2 is 2.38 bits per heavy atom. The summed E-state index contributed by atoms with van der Waals surface area (Å²) in [5.74, 6) is 0.519. The second-order valence-electron chi connectivity index (χ2n) is 3.79. The fourth-order valence-electron chi connectivity index (χ4n) is 1.24. The van der Waals surface area contributed by atoms with Crippen LogP contribution in [0.25, 0.3) is 0 Å². The van der Waals surface area contributed by atoms with Crippen LogP contribution in [-0.4, -0.2) is 23.5 Å². The summed E-state index contributed by atoms with van der Waals surface area (Å²) in [6, 6.07) is 6.25. The Labute approximate surface area is 97.0 Å². The fourth-order valence-corrected chi connectivity index (χ4v) is 1.24. The van der Waals surface area contributed by atoms with Gasteiger partial charge < -0.3 is 11.1 Å². The lowest BCUT2D eigenvalue weighted by atomic mass is 10.3. The van der Waals surface area contributed by atoms with E-state index in [1.807, 2.05) is 18.2 Å². The maximum Gasteiger partial charge on any atom is 0.188 e. The molecule has 0 fully saturated rings. The molecule has 4 nitrogen and oxygen atoms in total. The molecule has 88 valence electrons. The van der Waals surface area contributed by atoms with E-state index in [2.05, 4.69) is 29.1 Å². The summed E-state index contributed by atoms with van der Waals surface area (Å²) in [6.07, 6.45) is 3.65. The number of nitrogens with two attached hydrogens (primary N) is 1. The maximum atomic E-state index is 5.73. The molecule has 0 aliphatic heterocycles. The summed E-state index contributed by atoms with van der Waals surface area (Å²) in [4.78, 5) is 8.47. The molecule has 0 radical (unpaired) electrons. The van der Waals surface area contributed by atoms with E-state index in [0.717, 1.165) is 18.5 Å². The molecule has 0 amide bonds. The van der Waals surface area contributed by atoms with Crippen molar-refractivity contribution in [2.45, 2.75) is 32.7 Å². The minimum Gasteiger partial charge on any atom is -0.370 e. The molecule has 1 aromatic rings. The summed E-state index contributed by atoms with van der Waals surface area (Å²) in [5.41, 5.74) is 6.78. The minimum atomic E-state index is 0.374. The average molecular weight is 220 g/mol. The number of hydrogen-bond donors (Lipinski definition) is 2. The van der Waals surface area contributed by atoms with Crippen molar-refractivity contribution in [2.24, 2.45) is 10.7 Å². The normalized spacial score (nSPS) is 13.5. The van der Waals surface area contributed by atoms with Gasteiger partial charge in [0.25, 0.3) is 0 Å². The van der Waals surface area contributed by atoms with Crippen molar-refractivity contribution in [1.82, 2.24) is 10.3 Å². The molecule has 0 aliphatic rings. The molecule has 1 atom stereocenters. The van der Waals surface area contributed by atoms with Crippen LogP contribution in [0, 0.1) is 0 Å². The van der Waals surface area contributed by atoms with Crippen LogP contribution in [0.15, 0.2) is 29.4 Å². The van der Waals surface area contributed by atoms with E-state index in [-0.39, 0.29) is 0 Å². The highest BCUT2D eigenvalue weighted by Gasteiger charge is 1.98. The highest BCUT2D eigenvalue weighted by Crippen LogP contribution is 1.94. The second-order valence-corrected chi connectivity index (χ2v) is 3.79. The molecule has 0 saturated carbocycles. The summed E-state index contributed by atoms with van der Waals surface area (Å²) in [7, 11) is 0. The molecule has 3 N–H and O–H groups in total. The van der Waals surface area contributed by atoms with E-state index in [0.29, 0.717) is 18.5 Å². The predicted octanol–water partition coefficient (Wildman–Crippen LogP) is 1.33. The molecular formula is C12H20N4. The standard InChI is InChI=1S/C12H20N4/c1-3-10(2)16-12(13)15-9-7-11-6-4-5-8-14-11/h4-6,8,10H,3,7,9H2,1-2H3,(H3,13,15,16). The van der Waals surface area contributed by atoms with Crippen LogP contribution in [-0.2, 0) is 6.42 Å². The predicted molar refractivity (Wildman–Crippen MR) is 67.3 cm³/mol. The Hall–Kier alpha value is -1.58. The van der Waals surface area contributed by atoms with Gasteiger partial charge in [0, 0.05) is 30.9 Å². The number of guanidine groups is 1. The monoisotopic (exact) mass is 220 g/mol. The average Bonchev–Trinajstić information content (AvgIpc) is 2.30. The zero-order chi connectivity index (χ0) is 11.8. The van der Waals surface area contributed by atoms with Gasteiger partial charge in [0.2, 0.25) is 0 Å². The van der Waals surface area contributed by atoms with Gasteiger partial charge in [-0.25, -0.2) is 0 Å². The Balaban J connectivity index is 2.31. The second kappa shape index (κ2) is 6.82. The first-order chi connectivity index (χ1) is 7.72. The molecule has 4 heteroatoms. The van der Waals surface area contributed by atoms with Gasteiger partial charge in [0.05, 0.1) is 0 Å². The Bertz CT molecular complexity index is 321. The van der Waals surface area contributed by atoms with E-state index in [1.165, 1.54) is 0 Å². The molecule has 0 bridgehead atoms. The van der Waals surface area contributed by atoms with Crippen LogP contribution in [0.3, 0.4) is 0 Å². The third kappa shape index (κ3) is 4.77. The first-order valence-corrected chi connectivity index (χ1v) is 5.68. The first kappa shape index (κ1) is 12.5. The highest BCUT2D eigenvalue weighted by molar-refractivity contribution is 5.78. The quantitative estimate of drug-likeness (QED) is 0.581. The van der Waals surface area contributed by atoms with Crippen molar-refractivity contribution in [2.75, 3.05) is 6.54 Å². The fraction of sp³-hybridized carbons (Fsp3) is 0.500. The molecule has 16 heavy (non-hydrogen) atoms. The number of nitrogens with zero attached hydrogens (tertiary/aromatic N) is 2. The summed E-state index contributed by atoms with van der Waals surface area (Å²) < 4.78 is 0. The molecule has 0 spiro atoms. The zero-order valence-electron chi connectivity index (χ0n) is 9.98. The zero-order valence-corrected chi connectivity index (χ0v) is 9.98. The molecular weight excluding hydrogens is 200 g/mol. The molecule has 1 rings (SSSR count). The molecule has 1 aromatic heterocycles. The molecule has 1 heterocycles. The minimum absolute atomic E-state index is 0.374. The Morgan fingerprint density at radius 3 is 3.00 bits per heavy atom. The van der Waals surface area contributed by atoms with E-state index in [9.17, 15) is 0 Å². The van der Waals surface area contributed by atoms with Crippen molar-refractivity contribution in [3.8, 4) is 0 Å². The van der Waals surface area contributed by atoms with E-state index in [4.69, 9.17) is 5.73 Å². The third-order valence-electron chi connectivity index (χ3n) is 2.38. The third-order valence-corrected chi connectivity index (χ3v) is 2.38. The van der Waals surface area contributed by atoms with Gasteiger partial charge in [-0.05, 0) is 25.5 Å². The van der Waals surface area contributed by atoms with Gasteiger partial charge in [-0.1, -0.05) is 13.0 Å². The van der Waals surface area contributed by atoms with Crippen molar-refractivity contribution in [1.29, 1.82) is 0 Å². The highest BCUT2D eigenvalue weighted by atomic mass is 15.1. The van der Waals surface area contributed by atoms with Crippen LogP contribution in [0.5, 0.6) is 0 Å². The lowest BCUT2D eigenvalue weighted by Gasteiger charge is -2.11. The van der Waals surface area contributed by atoms with Crippen molar-refractivity contribution >= 4 is 5.96 Å². The van der Waals surface area contributed by atoms with Crippen LogP contribution in [0.4, 0.5) is 0 Å². The first-order valence-electron chi connectivity index (χ1n) is 5.68. The van der Waals surface area contributed by atoms with E-state index >= 15 is 0 Å². The largest absolute Gasteiger partial charge is 0.370 e. The topological polar surface area (TPSA) is 63.3 Å². The molecule has 0 saturated heterocycles. The number of rotatable bonds is 5. The van der Waals surface area contributed by atoms with E-state index < -0.39 is 0 Å². The number of pyridine rings is 1. The van der Waals surface area contributed by atoms with Gasteiger partial charge in [-0.15, -0.1) is 0 Å². The number of aromatic nitrogens is 1. The van der Waals surface area contributed by atoms with Crippen molar-refractivity contribution < 1.29 is 0 Å². The SMILES string of the molecule is CCC(C)NC(N)=NCCc1ccccn1. The summed E-state index contributed by atoms with van der Waals surface area (Å²) in [6.45, 7) is 4.87. The summed E-state index contributed by atoms with van der Waals surface area (Å²) in [5, 5.41) is 3.12. The van der Waals surface area contributed by atoms with Crippen LogP contribution < -0.4 is 11.1 Å². The van der Waals surface area contributed by atoms with Crippen LogP contribution in [0.1, 0.15) is 26.0 Å². The van der Waals surface area contributed by atoms with Crippen molar-refractivity contribution in [3.05, 3.63) is 30.1 Å². The Morgan fingerprint density at radius 1 is 1.56 bits per heavy atom.